The van der Waals surface area contributed by atoms with Crippen molar-refractivity contribution in [2.75, 3.05) is 6.61 Å². The van der Waals surface area contributed by atoms with E-state index in [0.29, 0.717) is 0 Å². The zero-order valence-electron chi connectivity index (χ0n) is 9.71. The topological polar surface area (TPSA) is 40.5 Å². The van der Waals surface area contributed by atoms with E-state index in [0.717, 1.165) is 12.8 Å². The van der Waals surface area contributed by atoms with Gasteiger partial charge in [-0.25, -0.2) is 0 Å². The molecule has 0 aromatic heterocycles. The van der Waals surface area contributed by atoms with Gasteiger partial charge in [-0.15, -0.1) is 0 Å². The molecule has 0 aliphatic rings. The van der Waals surface area contributed by atoms with Gasteiger partial charge in [0.05, 0.1) is 12.7 Å². The molecular weight excluding hydrogens is 200 g/mol. The van der Waals surface area contributed by atoms with Crippen molar-refractivity contribution in [3.05, 3.63) is 48.0 Å². The molecule has 2 N–H and O–H groups in total. The predicted molar refractivity (Wildman–Crippen MR) is 66.2 cm³/mol. The minimum atomic E-state index is -0.344. The summed E-state index contributed by atoms with van der Waals surface area (Å²) < 4.78 is 0. The van der Waals surface area contributed by atoms with E-state index in [-0.39, 0.29) is 18.6 Å². The first-order valence-corrected chi connectivity index (χ1v) is 5.73. The van der Waals surface area contributed by atoms with Crippen molar-refractivity contribution in [3.8, 4) is 0 Å². The minimum absolute atomic E-state index is 0.0374. The van der Waals surface area contributed by atoms with Crippen LogP contribution in [0.15, 0.2) is 42.5 Å². The summed E-state index contributed by atoms with van der Waals surface area (Å²) in [6.45, 7) is 2.00. The molecule has 0 saturated carbocycles. The highest BCUT2D eigenvalue weighted by Gasteiger charge is 2.10. The van der Waals surface area contributed by atoms with Gasteiger partial charge in [-0.2, -0.15) is 0 Å². The highest BCUT2D eigenvalue weighted by molar-refractivity contribution is 5.14. The lowest BCUT2D eigenvalue weighted by Gasteiger charge is -2.15. The van der Waals surface area contributed by atoms with Gasteiger partial charge in [-0.3, -0.25) is 0 Å². The third-order valence-corrected chi connectivity index (χ3v) is 2.72. The molecule has 1 rings (SSSR count). The number of benzene rings is 1. The lowest BCUT2D eigenvalue weighted by molar-refractivity contribution is 0.128. The van der Waals surface area contributed by atoms with Crippen molar-refractivity contribution in [1.29, 1.82) is 0 Å². The van der Waals surface area contributed by atoms with E-state index in [4.69, 9.17) is 5.11 Å². The first kappa shape index (κ1) is 12.9. The van der Waals surface area contributed by atoms with Crippen molar-refractivity contribution < 1.29 is 10.2 Å². The predicted octanol–water partition coefficient (Wildman–Crippen LogP) is 2.16. The first-order valence-electron chi connectivity index (χ1n) is 5.73. The van der Waals surface area contributed by atoms with E-state index >= 15 is 0 Å². The number of hydrogen-bond acceptors (Lipinski definition) is 2. The summed E-state index contributed by atoms with van der Waals surface area (Å²) in [4.78, 5) is 0. The third kappa shape index (κ3) is 4.60. The Labute approximate surface area is 97.2 Å². The largest absolute Gasteiger partial charge is 0.393 e. The van der Waals surface area contributed by atoms with Gasteiger partial charge in [0.25, 0.3) is 0 Å². The number of aliphatic hydroxyl groups excluding tert-OH is 2. The van der Waals surface area contributed by atoms with Crippen molar-refractivity contribution >= 4 is 0 Å². The van der Waals surface area contributed by atoms with E-state index < -0.39 is 0 Å². The van der Waals surface area contributed by atoms with Gasteiger partial charge in [0.2, 0.25) is 0 Å². The molecule has 0 heterocycles. The summed E-state index contributed by atoms with van der Waals surface area (Å²) in [5.41, 5.74) is 1.25. The maximum Gasteiger partial charge on any atom is 0.0612 e. The molecular formula is C14H20O2. The molecule has 0 spiro atoms. The van der Waals surface area contributed by atoms with Crippen LogP contribution in [0.3, 0.4) is 0 Å². The van der Waals surface area contributed by atoms with Crippen LogP contribution < -0.4 is 0 Å². The zero-order valence-corrected chi connectivity index (χ0v) is 9.71. The fourth-order valence-electron chi connectivity index (χ4n) is 1.63. The first-order chi connectivity index (χ1) is 7.74. The number of aryl methyl sites for hydroxylation is 1. The zero-order chi connectivity index (χ0) is 11.8. The summed E-state index contributed by atoms with van der Waals surface area (Å²) >= 11 is 0. The van der Waals surface area contributed by atoms with Crippen molar-refractivity contribution in [2.24, 2.45) is 5.92 Å². The molecule has 1 aromatic carbocycles. The Balaban J connectivity index is 2.35. The second-order valence-electron chi connectivity index (χ2n) is 4.06. The van der Waals surface area contributed by atoms with Gasteiger partial charge < -0.3 is 10.2 Å². The van der Waals surface area contributed by atoms with E-state index in [9.17, 15) is 5.11 Å². The maximum absolute atomic E-state index is 9.87. The lowest BCUT2D eigenvalue weighted by atomic mass is 9.97. The number of rotatable bonds is 6. The van der Waals surface area contributed by atoms with Crippen LogP contribution >= 0.6 is 0 Å². The van der Waals surface area contributed by atoms with Gasteiger partial charge in [0.15, 0.2) is 0 Å². The molecule has 2 atom stereocenters. The fraction of sp³-hybridized carbons (Fsp3) is 0.429. The van der Waals surface area contributed by atoms with Crippen LogP contribution in [-0.2, 0) is 6.42 Å². The second-order valence-corrected chi connectivity index (χ2v) is 4.06. The Bertz CT molecular complexity index is 306. The maximum atomic E-state index is 9.87. The van der Waals surface area contributed by atoms with E-state index in [1.165, 1.54) is 5.56 Å². The second kappa shape index (κ2) is 7.20. The SMILES string of the molecule is C[C@H](/C=C/CO)[C@H](O)CCc1ccccc1. The van der Waals surface area contributed by atoms with Gasteiger partial charge in [0, 0.05) is 5.92 Å². The van der Waals surface area contributed by atoms with Crippen LogP contribution in [0.25, 0.3) is 0 Å². The Morgan fingerprint density at radius 3 is 2.56 bits per heavy atom. The molecule has 0 saturated heterocycles. The molecule has 2 nitrogen and oxygen atoms in total. The van der Waals surface area contributed by atoms with Crippen molar-refractivity contribution in [3.63, 3.8) is 0 Å². The molecule has 1 aromatic rings. The monoisotopic (exact) mass is 220 g/mol. The Kier molecular flexibility index (Phi) is 5.83. The third-order valence-electron chi connectivity index (χ3n) is 2.72. The van der Waals surface area contributed by atoms with E-state index in [1.54, 1.807) is 6.08 Å². The van der Waals surface area contributed by atoms with Gasteiger partial charge in [-0.05, 0) is 18.4 Å². The van der Waals surface area contributed by atoms with Gasteiger partial charge in [0.1, 0.15) is 0 Å². The van der Waals surface area contributed by atoms with Crippen LogP contribution in [0, 0.1) is 5.92 Å². The van der Waals surface area contributed by atoms with Gasteiger partial charge in [-0.1, -0.05) is 49.4 Å². The Morgan fingerprint density at radius 1 is 1.25 bits per heavy atom. The normalized spacial score (nSPS) is 15.2. The summed E-state index contributed by atoms with van der Waals surface area (Å²) in [5.74, 6) is 0.0934. The average molecular weight is 220 g/mol. The average Bonchev–Trinajstić information content (AvgIpc) is 2.34. The van der Waals surface area contributed by atoms with Crippen LogP contribution in [0.2, 0.25) is 0 Å². The Hall–Kier alpha value is -1.12. The van der Waals surface area contributed by atoms with Crippen molar-refractivity contribution in [2.45, 2.75) is 25.9 Å². The lowest BCUT2D eigenvalue weighted by Crippen LogP contribution is -2.16. The number of hydrogen-bond donors (Lipinski definition) is 2. The molecule has 0 aliphatic heterocycles. The number of aliphatic hydroxyl groups is 2. The van der Waals surface area contributed by atoms with Crippen LogP contribution in [-0.4, -0.2) is 22.9 Å². The van der Waals surface area contributed by atoms with E-state index in [1.807, 2.05) is 31.2 Å². The molecule has 0 unspecified atom stereocenters. The van der Waals surface area contributed by atoms with E-state index in [2.05, 4.69) is 12.1 Å². The van der Waals surface area contributed by atoms with Crippen LogP contribution in [0.4, 0.5) is 0 Å². The standard InChI is InChI=1S/C14H20O2/c1-12(6-5-11-15)14(16)10-9-13-7-3-2-4-8-13/h2-8,12,14-16H,9-11H2,1H3/b6-5+/t12-,14-/m1/s1. The molecule has 16 heavy (non-hydrogen) atoms. The highest BCUT2D eigenvalue weighted by Crippen LogP contribution is 2.12. The highest BCUT2D eigenvalue weighted by atomic mass is 16.3. The molecule has 88 valence electrons. The fourth-order valence-corrected chi connectivity index (χ4v) is 1.63. The van der Waals surface area contributed by atoms with Crippen molar-refractivity contribution in [1.82, 2.24) is 0 Å². The minimum Gasteiger partial charge on any atom is -0.393 e. The summed E-state index contributed by atoms with van der Waals surface area (Å²) in [6.07, 6.45) is 4.83. The molecule has 2 heteroatoms. The smallest absolute Gasteiger partial charge is 0.0612 e. The molecule has 0 bridgehead atoms. The van der Waals surface area contributed by atoms with Gasteiger partial charge >= 0.3 is 0 Å². The molecule has 0 aliphatic carbocycles. The molecule has 0 fully saturated rings. The van der Waals surface area contributed by atoms with Crippen LogP contribution in [0.5, 0.6) is 0 Å². The van der Waals surface area contributed by atoms with Crippen LogP contribution in [0.1, 0.15) is 18.9 Å². The molecule has 0 radical (unpaired) electrons. The molecule has 0 amide bonds. The quantitative estimate of drug-likeness (QED) is 0.721. The Morgan fingerprint density at radius 2 is 1.94 bits per heavy atom. The summed E-state index contributed by atoms with van der Waals surface area (Å²) in [7, 11) is 0. The summed E-state index contributed by atoms with van der Waals surface area (Å²) in [5, 5.41) is 18.5. The summed E-state index contributed by atoms with van der Waals surface area (Å²) in [6, 6.07) is 10.2.